The van der Waals surface area contributed by atoms with Gasteiger partial charge in [-0.3, -0.25) is 4.79 Å². The molecule has 1 aliphatic rings. The number of nitrogens with two attached hydrogens (primary N) is 1. The van der Waals surface area contributed by atoms with Crippen molar-refractivity contribution in [2.75, 3.05) is 0 Å². The summed E-state index contributed by atoms with van der Waals surface area (Å²) < 4.78 is 0. The van der Waals surface area contributed by atoms with Gasteiger partial charge in [-0.2, -0.15) is 0 Å². The molecule has 0 aromatic rings. The third-order valence-electron chi connectivity index (χ3n) is 1.82. The van der Waals surface area contributed by atoms with Gasteiger partial charge in [0, 0.05) is 12.8 Å². The largest absolute Gasteiger partial charge is 0.480 e. The van der Waals surface area contributed by atoms with E-state index >= 15 is 0 Å². The van der Waals surface area contributed by atoms with Crippen LogP contribution in [0.4, 0.5) is 0 Å². The zero-order chi connectivity index (χ0) is 7.99. The van der Waals surface area contributed by atoms with Gasteiger partial charge >= 0.3 is 5.97 Å². The highest BCUT2D eigenvalue weighted by atomic mass is 16.4. The lowest BCUT2D eigenvalue weighted by atomic mass is 9.66. The quantitative estimate of drug-likeness (QED) is 0.456. The molecule has 0 unspecified atom stereocenters. The maximum Gasteiger partial charge on any atom is 0.323 e. The first-order valence-electron chi connectivity index (χ1n) is 3.10. The summed E-state index contributed by atoms with van der Waals surface area (Å²) in [6, 6.07) is 0. The van der Waals surface area contributed by atoms with Crippen molar-refractivity contribution in [3.05, 3.63) is 0 Å². The normalized spacial score (nSPS) is 46.3. The number of carbonyl (C=O) groups is 1. The maximum absolute atomic E-state index is 10.4. The van der Waals surface area contributed by atoms with Crippen LogP contribution in [0.3, 0.4) is 0 Å². The molecule has 1 aliphatic carbocycles. The molecular formula is C6H11NO3. The summed E-state index contributed by atoms with van der Waals surface area (Å²) >= 11 is 0. The average molecular weight is 145 g/mol. The summed E-state index contributed by atoms with van der Waals surface area (Å²) in [7, 11) is 0. The molecule has 10 heavy (non-hydrogen) atoms. The molecule has 1 saturated carbocycles. The van der Waals surface area contributed by atoms with E-state index in [1.807, 2.05) is 0 Å². The molecule has 1 rings (SSSR count). The van der Waals surface area contributed by atoms with Crippen molar-refractivity contribution in [1.29, 1.82) is 0 Å². The molecule has 0 aromatic heterocycles. The zero-order valence-electron chi connectivity index (χ0n) is 5.79. The lowest BCUT2D eigenvalue weighted by molar-refractivity contribution is -0.160. The predicted octanol–water partition coefficient (Wildman–Crippen LogP) is -0.687. The second-order valence-electron chi connectivity index (χ2n) is 3.31. The Labute approximate surface area is 58.6 Å². The van der Waals surface area contributed by atoms with Crippen molar-refractivity contribution in [1.82, 2.24) is 0 Å². The van der Waals surface area contributed by atoms with E-state index in [1.54, 1.807) is 6.92 Å². The van der Waals surface area contributed by atoms with Gasteiger partial charge in [-0.15, -0.1) is 0 Å². The van der Waals surface area contributed by atoms with E-state index in [2.05, 4.69) is 0 Å². The first kappa shape index (κ1) is 7.50. The van der Waals surface area contributed by atoms with Crippen LogP contribution < -0.4 is 5.73 Å². The minimum atomic E-state index is -1.18. The number of carboxylic acids is 1. The van der Waals surface area contributed by atoms with Gasteiger partial charge in [-0.05, 0) is 6.92 Å². The molecule has 0 spiro atoms. The summed E-state index contributed by atoms with van der Waals surface area (Å²) in [5.74, 6) is -1.03. The summed E-state index contributed by atoms with van der Waals surface area (Å²) in [6.07, 6.45) is 0.296. The molecule has 1 fully saturated rings. The van der Waals surface area contributed by atoms with Crippen LogP contribution in [0.15, 0.2) is 0 Å². The Morgan fingerprint density at radius 1 is 1.60 bits per heavy atom. The molecule has 0 heterocycles. The van der Waals surface area contributed by atoms with Crippen molar-refractivity contribution in [3.8, 4) is 0 Å². The first-order chi connectivity index (χ1) is 4.36. The van der Waals surface area contributed by atoms with Crippen LogP contribution in [0.2, 0.25) is 0 Å². The second kappa shape index (κ2) is 1.71. The minimum absolute atomic E-state index is 0.148. The van der Waals surface area contributed by atoms with Crippen LogP contribution in [0.25, 0.3) is 0 Å². The van der Waals surface area contributed by atoms with Crippen molar-refractivity contribution in [3.63, 3.8) is 0 Å². The highest BCUT2D eigenvalue weighted by Gasteiger charge is 2.53. The molecule has 4 N–H and O–H groups in total. The Bertz CT molecular complexity index is 168. The molecule has 58 valence electrons. The smallest absolute Gasteiger partial charge is 0.323 e. The lowest BCUT2D eigenvalue weighted by Crippen LogP contribution is -2.65. The van der Waals surface area contributed by atoms with Crippen molar-refractivity contribution in [2.45, 2.75) is 30.9 Å². The van der Waals surface area contributed by atoms with Gasteiger partial charge in [0.25, 0.3) is 0 Å². The number of hydrogen-bond donors (Lipinski definition) is 3. The van der Waals surface area contributed by atoms with Gasteiger partial charge in [-0.1, -0.05) is 0 Å². The fourth-order valence-electron chi connectivity index (χ4n) is 1.46. The van der Waals surface area contributed by atoms with Crippen LogP contribution in [-0.2, 0) is 4.79 Å². The van der Waals surface area contributed by atoms with E-state index in [1.165, 1.54) is 0 Å². The molecule has 4 heteroatoms. The Morgan fingerprint density at radius 2 is 2.00 bits per heavy atom. The second-order valence-corrected chi connectivity index (χ2v) is 3.31. The van der Waals surface area contributed by atoms with Gasteiger partial charge in [0.15, 0.2) is 0 Å². The van der Waals surface area contributed by atoms with Crippen LogP contribution >= 0.6 is 0 Å². The third kappa shape index (κ3) is 0.998. The number of carboxylic acid groups (broad SMARTS) is 1. The molecule has 0 saturated heterocycles. The van der Waals surface area contributed by atoms with Gasteiger partial charge in [0.1, 0.15) is 5.54 Å². The van der Waals surface area contributed by atoms with Crippen LogP contribution in [0, 0.1) is 0 Å². The first-order valence-corrected chi connectivity index (χ1v) is 3.10. The van der Waals surface area contributed by atoms with E-state index in [4.69, 9.17) is 15.9 Å². The van der Waals surface area contributed by atoms with E-state index in [9.17, 15) is 4.79 Å². The number of hydrogen-bond acceptors (Lipinski definition) is 3. The summed E-state index contributed by atoms with van der Waals surface area (Å²) in [4.78, 5) is 10.4. The predicted molar refractivity (Wildman–Crippen MR) is 34.4 cm³/mol. The topological polar surface area (TPSA) is 83.5 Å². The van der Waals surface area contributed by atoms with Crippen LogP contribution in [0.1, 0.15) is 19.8 Å². The monoisotopic (exact) mass is 145 g/mol. The highest BCUT2D eigenvalue weighted by molar-refractivity contribution is 5.80. The van der Waals surface area contributed by atoms with Crippen molar-refractivity contribution in [2.24, 2.45) is 5.73 Å². The minimum Gasteiger partial charge on any atom is -0.480 e. The van der Waals surface area contributed by atoms with E-state index in [0.29, 0.717) is 0 Å². The Morgan fingerprint density at radius 3 is 2.10 bits per heavy atom. The maximum atomic E-state index is 10.4. The third-order valence-corrected chi connectivity index (χ3v) is 1.82. The van der Waals surface area contributed by atoms with Crippen LogP contribution in [-0.4, -0.2) is 27.3 Å². The standard InChI is InChI=1S/C6H11NO3/c1-5(10)2-6(7,3-5)4(8)9/h10H,2-3,7H2,1H3,(H,8,9). The fraction of sp³-hybridized carbons (Fsp3) is 0.833. The molecule has 0 radical (unpaired) electrons. The summed E-state index contributed by atoms with van der Waals surface area (Å²) in [5, 5.41) is 17.6. The van der Waals surface area contributed by atoms with Crippen LogP contribution in [0.5, 0.6) is 0 Å². The lowest BCUT2D eigenvalue weighted by Gasteiger charge is -2.46. The van der Waals surface area contributed by atoms with Gasteiger partial charge in [0.2, 0.25) is 0 Å². The van der Waals surface area contributed by atoms with Crippen molar-refractivity contribution < 1.29 is 15.0 Å². The molecule has 0 amide bonds. The zero-order valence-corrected chi connectivity index (χ0v) is 5.79. The summed E-state index contributed by atoms with van der Waals surface area (Å²) in [5.41, 5.74) is 3.32. The average Bonchev–Trinajstić information content (AvgIpc) is 1.59. The van der Waals surface area contributed by atoms with Gasteiger partial charge in [0.05, 0.1) is 5.60 Å². The van der Waals surface area contributed by atoms with Gasteiger partial charge in [-0.25, -0.2) is 0 Å². The Kier molecular flexibility index (Phi) is 1.28. The number of rotatable bonds is 1. The Balaban J connectivity index is 2.58. The SMILES string of the molecule is CC1(O)CC(N)(C(=O)O)C1. The molecule has 0 aliphatic heterocycles. The molecular weight excluding hydrogens is 134 g/mol. The summed E-state index contributed by atoms with van der Waals surface area (Å²) in [6.45, 7) is 1.58. The van der Waals surface area contributed by atoms with E-state index in [-0.39, 0.29) is 12.8 Å². The Hall–Kier alpha value is -0.610. The molecule has 4 nitrogen and oxygen atoms in total. The molecule has 0 bridgehead atoms. The molecule has 0 atom stereocenters. The highest BCUT2D eigenvalue weighted by Crippen LogP contribution is 2.38. The number of aliphatic hydroxyl groups is 1. The van der Waals surface area contributed by atoms with E-state index in [0.717, 1.165) is 0 Å². The fourth-order valence-corrected chi connectivity index (χ4v) is 1.46. The van der Waals surface area contributed by atoms with E-state index < -0.39 is 17.1 Å². The van der Waals surface area contributed by atoms with Gasteiger partial charge < -0.3 is 15.9 Å². The molecule has 0 aromatic carbocycles. The van der Waals surface area contributed by atoms with Crippen molar-refractivity contribution >= 4 is 5.97 Å². The number of aliphatic carboxylic acids is 1.